The van der Waals surface area contributed by atoms with Crippen LogP contribution in [0.4, 0.5) is 19.4 Å². The zero-order chi connectivity index (χ0) is 38.4. The van der Waals surface area contributed by atoms with Gasteiger partial charge in [-0.25, -0.2) is 31.3 Å². The van der Waals surface area contributed by atoms with Crippen LogP contribution in [0.15, 0.2) is 65.6 Å². The van der Waals surface area contributed by atoms with Crippen LogP contribution < -0.4 is 19.9 Å². The zero-order valence-electron chi connectivity index (χ0n) is 29.4. The van der Waals surface area contributed by atoms with E-state index in [0.29, 0.717) is 17.4 Å². The third-order valence-electron chi connectivity index (χ3n) is 8.13. The van der Waals surface area contributed by atoms with Crippen LogP contribution in [-0.2, 0) is 34.8 Å². The average Bonchev–Trinajstić information content (AvgIpc) is 3.67. The molecule has 53 heavy (non-hydrogen) atoms. The normalized spacial score (nSPS) is 12.6. The van der Waals surface area contributed by atoms with Crippen LogP contribution >= 0.6 is 11.6 Å². The summed E-state index contributed by atoms with van der Waals surface area (Å²) in [6, 6.07) is 11.5. The van der Waals surface area contributed by atoms with E-state index in [-0.39, 0.29) is 62.8 Å². The number of alkyl carbamates (subject to hydrolysis) is 1. The number of aryl methyl sites for hydroxylation is 1. The minimum Gasteiger partial charge on any atom is -0.497 e. The molecule has 0 spiro atoms. The minimum absolute atomic E-state index is 0.0155. The van der Waals surface area contributed by atoms with Gasteiger partial charge in [0.25, 0.3) is 5.56 Å². The summed E-state index contributed by atoms with van der Waals surface area (Å²) in [5.74, 6) is -1.21. The number of fused-ring (bicyclic) bond motifs is 2. The van der Waals surface area contributed by atoms with Crippen molar-refractivity contribution in [1.29, 1.82) is 0 Å². The molecule has 6 aromatic rings. The SMILES string of the molecule is COc1ccc(CN(c2nn(C)c3c(-n4c([C@H](Cc5cc(F)cc(F)c5)NC(=O)OC(C)(C)C)nc5[nH]ncc5c4=O)ccc(Cl)c23)S(C)(=O)=O)cc1. The van der Waals surface area contributed by atoms with Crippen molar-refractivity contribution in [2.24, 2.45) is 7.05 Å². The van der Waals surface area contributed by atoms with Gasteiger partial charge in [0.05, 0.1) is 53.8 Å². The molecule has 0 aliphatic rings. The summed E-state index contributed by atoms with van der Waals surface area (Å²) in [5.41, 5.74) is -0.339. The number of ether oxygens (including phenoxy) is 2. The number of anilines is 1. The molecule has 0 fully saturated rings. The second kappa shape index (κ2) is 14.1. The molecule has 3 aromatic carbocycles. The van der Waals surface area contributed by atoms with E-state index in [9.17, 15) is 26.8 Å². The molecule has 0 unspecified atom stereocenters. The van der Waals surface area contributed by atoms with Crippen molar-refractivity contribution < 1.29 is 31.5 Å². The Morgan fingerprint density at radius 2 is 1.75 bits per heavy atom. The molecule has 1 amide bonds. The van der Waals surface area contributed by atoms with Crippen molar-refractivity contribution in [3.8, 4) is 11.4 Å². The van der Waals surface area contributed by atoms with Gasteiger partial charge in [-0.3, -0.25) is 19.1 Å². The van der Waals surface area contributed by atoms with Crippen molar-refractivity contribution in [3.05, 3.63) is 105 Å². The van der Waals surface area contributed by atoms with E-state index in [2.05, 4.69) is 25.6 Å². The first-order valence-corrected chi connectivity index (χ1v) is 18.3. The molecule has 3 aromatic heterocycles. The summed E-state index contributed by atoms with van der Waals surface area (Å²) in [7, 11) is -0.899. The lowest BCUT2D eigenvalue weighted by atomic mass is 10.0. The van der Waals surface area contributed by atoms with Gasteiger partial charge in [0, 0.05) is 19.5 Å². The summed E-state index contributed by atoms with van der Waals surface area (Å²) in [6.45, 7) is 4.86. The molecule has 0 aliphatic carbocycles. The van der Waals surface area contributed by atoms with Gasteiger partial charge in [-0.15, -0.1) is 0 Å². The molecule has 18 heteroatoms. The van der Waals surface area contributed by atoms with Crippen LogP contribution in [-0.4, -0.2) is 63.0 Å². The van der Waals surface area contributed by atoms with Crippen molar-refractivity contribution in [2.75, 3.05) is 17.7 Å². The second-order valence-corrected chi connectivity index (χ2v) is 15.6. The zero-order valence-corrected chi connectivity index (χ0v) is 31.0. The van der Waals surface area contributed by atoms with Gasteiger partial charge >= 0.3 is 6.09 Å². The van der Waals surface area contributed by atoms with E-state index in [1.165, 1.54) is 34.7 Å². The first kappa shape index (κ1) is 37.2. The number of hydrogen-bond acceptors (Lipinski definition) is 9. The van der Waals surface area contributed by atoms with Gasteiger partial charge in [-0.2, -0.15) is 10.2 Å². The fraction of sp³-hybridized carbons (Fsp3) is 0.286. The van der Waals surface area contributed by atoms with Crippen LogP contribution in [0, 0.1) is 11.6 Å². The Morgan fingerprint density at radius 1 is 1.08 bits per heavy atom. The van der Waals surface area contributed by atoms with Crippen LogP contribution in [0.3, 0.4) is 0 Å². The lowest BCUT2D eigenvalue weighted by Gasteiger charge is -2.25. The smallest absolute Gasteiger partial charge is 0.408 e. The number of hydrogen-bond donors (Lipinski definition) is 2. The first-order chi connectivity index (χ1) is 24.9. The van der Waals surface area contributed by atoms with Gasteiger partial charge in [-0.05, 0) is 68.3 Å². The molecule has 0 saturated heterocycles. The van der Waals surface area contributed by atoms with Crippen molar-refractivity contribution in [2.45, 2.75) is 45.4 Å². The number of carbonyl (C=O) groups excluding carboxylic acids is 1. The summed E-state index contributed by atoms with van der Waals surface area (Å²) in [5, 5.41) is 14.4. The monoisotopic (exact) mass is 768 g/mol. The average molecular weight is 769 g/mol. The van der Waals surface area contributed by atoms with Crippen LogP contribution in [0.1, 0.15) is 43.8 Å². The number of benzene rings is 3. The molecule has 0 aliphatic heterocycles. The third-order valence-corrected chi connectivity index (χ3v) is 9.55. The summed E-state index contributed by atoms with van der Waals surface area (Å²) < 4.78 is 69.9. The lowest BCUT2D eigenvalue weighted by molar-refractivity contribution is 0.0500. The van der Waals surface area contributed by atoms with Gasteiger partial charge in [0.1, 0.15) is 34.2 Å². The number of rotatable bonds is 10. The highest BCUT2D eigenvalue weighted by Gasteiger charge is 2.31. The van der Waals surface area contributed by atoms with Crippen molar-refractivity contribution >= 4 is 55.5 Å². The molecular weight excluding hydrogens is 734 g/mol. The number of aromatic nitrogens is 6. The summed E-state index contributed by atoms with van der Waals surface area (Å²) in [4.78, 5) is 32.4. The standard InChI is InChI=1S/C35H35ClF2N8O6S/c1-35(2,3)52-34(48)40-26(15-20-13-21(37)16-22(38)14-20)31-41-30-24(17-39-42-30)33(47)46(31)27-12-11-25(36)28-29(27)44(4)43-32(28)45(53(6,49)50)18-19-7-9-23(51-5)10-8-19/h7-14,16-17,26H,15,18H2,1-6H3,(H,39,42)(H,40,48)/t26-/m0/s1. The van der Waals surface area contributed by atoms with E-state index in [4.69, 9.17) is 21.1 Å². The van der Waals surface area contributed by atoms with Crippen LogP contribution in [0.2, 0.25) is 5.02 Å². The molecule has 14 nitrogen and oxygen atoms in total. The first-order valence-electron chi connectivity index (χ1n) is 16.1. The van der Waals surface area contributed by atoms with Crippen LogP contribution in [0.25, 0.3) is 27.6 Å². The fourth-order valence-corrected chi connectivity index (χ4v) is 7.00. The molecular formula is C35H35ClF2N8O6S. The number of halogens is 3. The Bertz CT molecular complexity index is 2510. The maximum Gasteiger partial charge on any atom is 0.408 e. The fourth-order valence-electron chi connectivity index (χ4n) is 5.94. The van der Waals surface area contributed by atoms with E-state index in [1.807, 2.05) is 0 Å². The number of amides is 1. The lowest BCUT2D eigenvalue weighted by Crippen LogP contribution is -2.39. The predicted molar refractivity (Wildman–Crippen MR) is 195 cm³/mol. The maximum atomic E-state index is 14.4. The Morgan fingerprint density at radius 3 is 2.38 bits per heavy atom. The number of nitrogens with one attached hydrogen (secondary N) is 2. The number of H-pyrrole nitrogens is 1. The highest BCUT2D eigenvalue weighted by Crippen LogP contribution is 2.38. The quantitative estimate of drug-likeness (QED) is 0.178. The Labute approximate surface area is 307 Å². The molecule has 278 valence electrons. The van der Waals surface area contributed by atoms with Gasteiger partial charge in [0.2, 0.25) is 10.0 Å². The molecule has 6 rings (SSSR count). The Kier molecular flexibility index (Phi) is 9.91. The third kappa shape index (κ3) is 7.80. The summed E-state index contributed by atoms with van der Waals surface area (Å²) in [6.07, 6.45) is 1.19. The number of nitrogens with zero attached hydrogens (tertiary/aromatic N) is 6. The predicted octanol–water partition coefficient (Wildman–Crippen LogP) is 5.71. The van der Waals surface area contributed by atoms with Crippen molar-refractivity contribution in [3.63, 3.8) is 0 Å². The number of sulfonamides is 1. The number of aromatic amines is 1. The molecule has 1 atom stereocenters. The Balaban J connectivity index is 1.59. The minimum atomic E-state index is -3.97. The topological polar surface area (TPSA) is 166 Å². The largest absolute Gasteiger partial charge is 0.497 e. The van der Waals surface area contributed by atoms with Gasteiger partial charge < -0.3 is 14.8 Å². The van der Waals surface area contributed by atoms with E-state index < -0.39 is 45.0 Å². The van der Waals surface area contributed by atoms with Gasteiger partial charge in [-0.1, -0.05) is 23.7 Å². The maximum absolute atomic E-state index is 14.4. The summed E-state index contributed by atoms with van der Waals surface area (Å²) >= 11 is 6.80. The number of carbonyl (C=O) groups is 1. The van der Waals surface area contributed by atoms with Crippen LogP contribution in [0.5, 0.6) is 5.75 Å². The van der Waals surface area contributed by atoms with E-state index in [1.54, 1.807) is 52.1 Å². The van der Waals surface area contributed by atoms with E-state index in [0.717, 1.165) is 22.7 Å². The molecule has 0 saturated carbocycles. The second-order valence-electron chi connectivity index (χ2n) is 13.3. The molecule has 0 radical (unpaired) electrons. The highest BCUT2D eigenvalue weighted by molar-refractivity contribution is 7.92. The van der Waals surface area contributed by atoms with Gasteiger partial charge in [0.15, 0.2) is 11.5 Å². The molecule has 0 bridgehead atoms. The molecule has 2 N–H and O–H groups in total. The molecule has 3 heterocycles. The highest BCUT2D eigenvalue weighted by atomic mass is 35.5. The number of methoxy groups -OCH3 is 1. The Hall–Kier alpha value is -5.55. The van der Waals surface area contributed by atoms with Crippen molar-refractivity contribution in [1.82, 2.24) is 34.8 Å². The van der Waals surface area contributed by atoms with E-state index >= 15 is 0 Å².